The highest BCUT2D eigenvalue weighted by Gasteiger charge is 2.42. The van der Waals surface area contributed by atoms with Crippen molar-refractivity contribution in [2.45, 2.75) is 13.3 Å². The lowest BCUT2D eigenvalue weighted by Crippen LogP contribution is -2.15. The van der Waals surface area contributed by atoms with Gasteiger partial charge in [-0.2, -0.15) is 0 Å². The second-order valence-corrected chi connectivity index (χ2v) is 7.30. The van der Waals surface area contributed by atoms with Gasteiger partial charge in [0.15, 0.2) is 5.13 Å². The van der Waals surface area contributed by atoms with E-state index < -0.39 is 0 Å². The van der Waals surface area contributed by atoms with E-state index in [0.29, 0.717) is 10.7 Å². The summed E-state index contributed by atoms with van der Waals surface area (Å²) in [6, 6.07) is 5.66. The van der Waals surface area contributed by atoms with E-state index in [4.69, 9.17) is 5.11 Å². The summed E-state index contributed by atoms with van der Waals surface area (Å²) < 4.78 is 14.6. The van der Waals surface area contributed by atoms with Gasteiger partial charge < -0.3 is 10.4 Å². The molecule has 1 unspecified atom stereocenters. The minimum absolute atomic E-state index is 0.0440. The molecule has 0 radical (unpaired) electrons. The van der Waals surface area contributed by atoms with E-state index in [1.807, 2.05) is 18.2 Å². The normalized spacial score (nSPS) is 19.2. The maximum atomic E-state index is 13.7. The standard InChI is InChI=1S/C18H16FN3O2S/c1-9-13(6-20-7-14(9)19)10-2-3-15-16(5-10)25-18(21-15)22-17(24)12-4-11(12)8-23/h2-3,5-7,11-12,23H,4,8H2,1H3,(H,21,22,24)/t11-,12?/m0/s1. The molecule has 1 aliphatic carbocycles. The molecule has 25 heavy (non-hydrogen) atoms. The van der Waals surface area contributed by atoms with Crippen LogP contribution < -0.4 is 5.32 Å². The Labute approximate surface area is 147 Å². The predicted octanol–water partition coefficient (Wildman–Crippen LogP) is 3.37. The maximum Gasteiger partial charge on any atom is 0.229 e. The van der Waals surface area contributed by atoms with Crippen LogP contribution in [-0.4, -0.2) is 27.6 Å². The number of nitrogens with one attached hydrogen (secondary N) is 1. The number of anilines is 1. The number of benzene rings is 1. The Morgan fingerprint density at radius 3 is 3.04 bits per heavy atom. The Morgan fingerprint density at radius 1 is 1.44 bits per heavy atom. The third-order valence-corrected chi connectivity index (χ3v) is 5.51. The number of aliphatic hydroxyl groups excluding tert-OH is 1. The van der Waals surface area contributed by atoms with Gasteiger partial charge in [0.2, 0.25) is 5.91 Å². The van der Waals surface area contributed by atoms with Gasteiger partial charge in [-0.05, 0) is 42.5 Å². The first-order valence-electron chi connectivity index (χ1n) is 7.99. The fourth-order valence-corrected chi connectivity index (χ4v) is 3.81. The van der Waals surface area contributed by atoms with Crippen molar-refractivity contribution in [2.24, 2.45) is 11.8 Å². The third-order valence-electron chi connectivity index (χ3n) is 4.58. The number of carbonyl (C=O) groups excluding carboxylic acids is 1. The SMILES string of the molecule is Cc1c(F)cncc1-c1ccc2nc(NC(=O)C3C[C@H]3CO)sc2c1. The summed E-state index contributed by atoms with van der Waals surface area (Å²) in [7, 11) is 0. The van der Waals surface area contributed by atoms with Crippen molar-refractivity contribution in [2.75, 3.05) is 11.9 Å². The molecule has 1 saturated carbocycles. The van der Waals surface area contributed by atoms with Crippen molar-refractivity contribution >= 4 is 32.6 Å². The molecule has 3 aromatic rings. The molecule has 5 nitrogen and oxygen atoms in total. The minimum Gasteiger partial charge on any atom is -0.396 e. The fraction of sp³-hybridized carbons (Fsp3) is 0.278. The molecule has 2 N–H and O–H groups in total. The van der Waals surface area contributed by atoms with Crippen molar-refractivity contribution in [1.29, 1.82) is 0 Å². The Morgan fingerprint density at radius 2 is 2.28 bits per heavy atom. The Kier molecular flexibility index (Phi) is 3.97. The minimum atomic E-state index is -0.335. The smallest absolute Gasteiger partial charge is 0.229 e. The summed E-state index contributed by atoms with van der Waals surface area (Å²) in [5.41, 5.74) is 2.93. The van der Waals surface area contributed by atoms with Gasteiger partial charge in [-0.15, -0.1) is 0 Å². The van der Waals surface area contributed by atoms with Gasteiger partial charge in [0.1, 0.15) is 5.82 Å². The lowest BCUT2D eigenvalue weighted by molar-refractivity contribution is -0.117. The van der Waals surface area contributed by atoms with Gasteiger partial charge in [0.05, 0.1) is 16.4 Å². The first-order chi connectivity index (χ1) is 12.1. The van der Waals surface area contributed by atoms with Crippen LogP contribution in [0.25, 0.3) is 21.3 Å². The van der Waals surface area contributed by atoms with Crippen molar-refractivity contribution in [3.63, 3.8) is 0 Å². The van der Waals surface area contributed by atoms with E-state index in [1.165, 1.54) is 17.5 Å². The Bertz CT molecular complexity index is 972. The van der Waals surface area contributed by atoms with E-state index in [2.05, 4.69) is 15.3 Å². The number of halogens is 1. The van der Waals surface area contributed by atoms with E-state index in [-0.39, 0.29) is 30.2 Å². The monoisotopic (exact) mass is 357 g/mol. The maximum absolute atomic E-state index is 13.7. The molecule has 4 rings (SSSR count). The molecule has 1 amide bonds. The summed E-state index contributed by atoms with van der Waals surface area (Å²) in [6.07, 6.45) is 3.57. The average Bonchev–Trinajstić information content (AvgIpc) is 3.29. The zero-order valence-corrected chi connectivity index (χ0v) is 14.3. The number of pyridine rings is 1. The summed E-state index contributed by atoms with van der Waals surface area (Å²) in [5, 5.41) is 12.4. The largest absolute Gasteiger partial charge is 0.396 e. The van der Waals surface area contributed by atoms with E-state index >= 15 is 0 Å². The molecule has 0 bridgehead atoms. The molecule has 128 valence electrons. The van der Waals surface area contributed by atoms with Gasteiger partial charge in [-0.3, -0.25) is 9.78 Å². The molecule has 7 heteroatoms. The molecule has 2 aromatic heterocycles. The van der Waals surface area contributed by atoms with Crippen LogP contribution in [0.15, 0.2) is 30.6 Å². The highest BCUT2D eigenvalue weighted by Crippen LogP contribution is 2.39. The topological polar surface area (TPSA) is 75.1 Å². The molecule has 2 heterocycles. The second kappa shape index (κ2) is 6.16. The highest BCUT2D eigenvalue weighted by molar-refractivity contribution is 7.22. The van der Waals surface area contributed by atoms with E-state index in [9.17, 15) is 9.18 Å². The number of aliphatic hydroxyl groups is 1. The first kappa shape index (κ1) is 16.1. The molecule has 2 atom stereocenters. The van der Waals surface area contributed by atoms with Gasteiger partial charge in [-0.25, -0.2) is 9.37 Å². The van der Waals surface area contributed by atoms with Crippen molar-refractivity contribution < 1.29 is 14.3 Å². The number of hydrogen-bond acceptors (Lipinski definition) is 5. The van der Waals surface area contributed by atoms with Crippen molar-refractivity contribution in [3.8, 4) is 11.1 Å². The quantitative estimate of drug-likeness (QED) is 0.751. The zero-order valence-electron chi connectivity index (χ0n) is 13.5. The van der Waals surface area contributed by atoms with Gasteiger partial charge in [0.25, 0.3) is 0 Å². The number of aromatic nitrogens is 2. The second-order valence-electron chi connectivity index (χ2n) is 6.27. The molecule has 0 saturated heterocycles. The fourth-order valence-electron chi connectivity index (χ4n) is 2.90. The van der Waals surface area contributed by atoms with Crippen LogP contribution in [0.2, 0.25) is 0 Å². The molecular weight excluding hydrogens is 341 g/mol. The van der Waals surface area contributed by atoms with Crippen LogP contribution in [0.1, 0.15) is 12.0 Å². The van der Waals surface area contributed by atoms with Gasteiger partial charge in [0, 0.05) is 24.3 Å². The number of hydrogen-bond donors (Lipinski definition) is 2. The van der Waals surface area contributed by atoms with Crippen LogP contribution in [0.5, 0.6) is 0 Å². The number of carbonyl (C=O) groups is 1. The van der Waals surface area contributed by atoms with Crippen LogP contribution >= 0.6 is 11.3 Å². The lowest BCUT2D eigenvalue weighted by atomic mass is 10.0. The number of fused-ring (bicyclic) bond motifs is 1. The van der Waals surface area contributed by atoms with Gasteiger partial charge in [-0.1, -0.05) is 17.4 Å². The summed E-state index contributed by atoms with van der Waals surface area (Å²) >= 11 is 1.38. The third kappa shape index (κ3) is 3.01. The average molecular weight is 357 g/mol. The predicted molar refractivity (Wildman–Crippen MR) is 94.9 cm³/mol. The number of thiazole rings is 1. The summed E-state index contributed by atoms with van der Waals surface area (Å²) in [4.78, 5) is 20.4. The molecule has 1 aromatic carbocycles. The van der Waals surface area contributed by atoms with Crippen LogP contribution in [0.3, 0.4) is 0 Å². The number of rotatable bonds is 4. The van der Waals surface area contributed by atoms with Crippen LogP contribution in [0.4, 0.5) is 9.52 Å². The molecule has 1 aliphatic rings. The number of nitrogens with zero attached hydrogens (tertiary/aromatic N) is 2. The number of amides is 1. The highest BCUT2D eigenvalue weighted by atomic mass is 32.1. The zero-order chi connectivity index (χ0) is 17.6. The lowest BCUT2D eigenvalue weighted by Gasteiger charge is -2.05. The molecule has 0 spiro atoms. The van der Waals surface area contributed by atoms with E-state index in [0.717, 1.165) is 27.8 Å². The van der Waals surface area contributed by atoms with E-state index in [1.54, 1.807) is 13.1 Å². The molecular formula is C18H16FN3O2S. The summed E-state index contributed by atoms with van der Waals surface area (Å²) in [6.45, 7) is 1.77. The van der Waals surface area contributed by atoms with Gasteiger partial charge >= 0.3 is 0 Å². The van der Waals surface area contributed by atoms with Crippen molar-refractivity contribution in [1.82, 2.24) is 9.97 Å². The Balaban J connectivity index is 1.61. The molecule has 1 fully saturated rings. The van der Waals surface area contributed by atoms with Crippen molar-refractivity contribution in [3.05, 3.63) is 42.0 Å². The first-order valence-corrected chi connectivity index (χ1v) is 8.81. The molecule has 0 aliphatic heterocycles. The van der Waals surface area contributed by atoms with Crippen LogP contribution in [0, 0.1) is 24.6 Å². The summed E-state index contributed by atoms with van der Waals surface area (Å²) in [5.74, 6) is -0.473. The Hall–Kier alpha value is -2.38. The van der Waals surface area contributed by atoms with Crippen LogP contribution in [-0.2, 0) is 4.79 Å².